The van der Waals surface area contributed by atoms with Crippen LogP contribution in [0.2, 0.25) is 0 Å². The summed E-state index contributed by atoms with van der Waals surface area (Å²) in [6, 6.07) is 21.3. The third-order valence-corrected chi connectivity index (χ3v) is 4.70. The first kappa shape index (κ1) is 18.8. The molecule has 0 aromatic heterocycles. The lowest BCUT2D eigenvalue weighted by Gasteiger charge is -2.41. The van der Waals surface area contributed by atoms with Crippen molar-refractivity contribution < 1.29 is 14.3 Å². The van der Waals surface area contributed by atoms with E-state index >= 15 is 0 Å². The Morgan fingerprint density at radius 3 is 2.33 bits per heavy atom. The maximum absolute atomic E-state index is 13.0. The fourth-order valence-corrected chi connectivity index (χ4v) is 3.42. The summed E-state index contributed by atoms with van der Waals surface area (Å²) in [5.41, 5.74) is 0.115. The number of rotatable bonds is 6. The molecule has 0 radical (unpaired) electrons. The van der Waals surface area contributed by atoms with Crippen molar-refractivity contribution >= 4 is 11.7 Å². The molecule has 0 spiro atoms. The zero-order chi connectivity index (χ0) is 19.3. The minimum Gasteiger partial charge on any atom is -0.448 e. The molecule has 0 saturated carbocycles. The molecule has 0 bridgehead atoms. The molecule has 5 heteroatoms. The minimum atomic E-state index is -1.27. The zero-order valence-electron chi connectivity index (χ0n) is 15.5. The summed E-state index contributed by atoms with van der Waals surface area (Å²) in [6.45, 7) is 1.97. The van der Waals surface area contributed by atoms with E-state index in [1.54, 1.807) is 14.0 Å². The van der Waals surface area contributed by atoms with Gasteiger partial charge >= 0.3 is 5.97 Å². The Kier molecular flexibility index (Phi) is 5.38. The summed E-state index contributed by atoms with van der Waals surface area (Å²) in [6.07, 6.45) is 0.250. The van der Waals surface area contributed by atoms with Gasteiger partial charge in [-0.2, -0.15) is 5.26 Å². The van der Waals surface area contributed by atoms with Gasteiger partial charge in [0.2, 0.25) is 0 Å². The lowest BCUT2D eigenvalue weighted by atomic mass is 9.83. The number of hydrogen-bond acceptors (Lipinski definition) is 5. The first-order chi connectivity index (χ1) is 13.0. The van der Waals surface area contributed by atoms with Crippen LogP contribution in [0.25, 0.3) is 0 Å². The van der Waals surface area contributed by atoms with Gasteiger partial charge < -0.3 is 9.47 Å². The summed E-state index contributed by atoms with van der Waals surface area (Å²) in [5.74, 6) is -0.493. The number of carbonyl (C=O) groups is 1. The van der Waals surface area contributed by atoms with Gasteiger partial charge in [-0.05, 0) is 18.1 Å². The average Bonchev–Trinajstić information content (AvgIpc) is 2.67. The topological polar surface area (TPSA) is 71.7 Å². The summed E-state index contributed by atoms with van der Waals surface area (Å²) < 4.78 is 11.2. The van der Waals surface area contributed by atoms with Crippen LogP contribution in [0.3, 0.4) is 0 Å². The standard InChI is InChI=1S/C22H22N2O3/c1-21(16-26-2)19(18-11-7-4-8-12-18)24-22(13-14-23,20(25)27-21)15-17-9-5-3-6-10-17/h3-12H,13,15-16H2,1-2H3/t21-,22+/m0/s1. The largest absolute Gasteiger partial charge is 0.448 e. The van der Waals surface area contributed by atoms with Crippen LogP contribution in [0.5, 0.6) is 0 Å². The number of methoxy groups -OCH3 is 1. The smallest absolute Gasteiger partial charge is 0.336 e. The SMILES string of the molecule is COC[C@]1(C)OC(=O)[C@@](CC#N)(Cc2ccccc2)N=C1c1ccccc1. The molecule has 0 N–H and O–H groups in total. The van der Waals surface area contributed by atoms with Gasteiger partial charge in [-0.15, -0.1) is 0 Å². The number of benzene rings is 2. The molecule has 0 fully saturated rings. The van der Waals surface area contributed by atoms with Crippen molar-refractivity contribution in [1.82, 2.24) is 0 Å². The van der Waals surface area contributed by atoms with Crippen LogP contribution in [-0.2, 0) is 20.7 Å². The fourth-order valence-electron chi connectivity index (χ4n) is 3.42. The molecule has 1 aliphatic rings. The van der Waals surface area contributed by atoms with E-state index in [4.69, 9.17) is 14.5 Å². The number of carbonyl (C=O) groups excluding carboxylic acids is 1. The molecule has 3 rings (SSSR count). The molecular weight excluding hydrogens is 340 g/mol. The summed E-state index contributed by atoms with van der Waals surface area (Å²) >= 11 is 0. The molecule has 1 aliphatic heterocycles. The fraction of sp³-hybridized carbons (Fsp3) is 0.318. The quantitative estimate of drug-likeness (QED) is 0.739. The van der Waals surface area contributed by atoms with Gasteiger partial charge in [0, 0.05) is 13.5 Å². The molecule has 27 heavy (non-hydrogen) atoms. The molecule has 0 unspecified atom stereocenters. The van der Waals surface area contributed by atoms with Crippen molar-refractivity contribution in [2.24, 2.45) is 4.99 Å². The van der Waals surface area contributed by atoms with Gasteiger partial charge in [0.25, 0.3) is 0 Å². The molecule has 138 valence electrons. The minimum absolute atomic E-state index is 0.0554. The first-order valence-corrected chi connectivity index (χ1v) is 8.82. The number of aliphatic imine (C=N–C) groups is 1. The monoisotopic (exact) mass is 362 g/mol. The van der Waals surface area contributed by atoms with Gasteiger partial charge in [-0.1, -0.05) is 60.7 Å². The Labute approximate surface area is 159 Å². The van der Waals surface area contributed by atoms with Gasteiger partial charge in [-0.25, -0.2) is 4.79 Å². The molecule has 0 aliphatic carbocycles. The molecule has 5 nitrogen and oxygen atoms in total. The van der Waals surface area contributed by atoms with Crippen molar-refractivity contribution in [3.63, 3.8) is 0 Å². The van der Waals surface area contributed by atoms with Crippen molar-refractivity contribution in [2.75, 3.05) is 13.7 Å². The Bertz CT molecular complexity index is 873. The normalized spacial score (nSPS) is 24.6. The van der Waals surface area contributed by atoms with Gasteiger partial charge in [0.15, 0.2) is 11.1 Å². The Hall–Kier alpha value is -2.97. The average molecular weight is 362 g/mol. The number of nitriles is 1. The van der Waals surface area contributed by atoms with Crippen molar-refractivity contribution in [2.45, 2.75) is 30.9 Å². The van der Waals surface area contributed by atoms with Crippen LogP contribution in [0.4, 0.5) is 0 Å². The Balaban J connectivity index is 2.15. The number of esters is 1. The van der Waals surface area contributed by atoms with E-state index in [2.05, 4.69) is 6.07 Å². The van der Waals surface area contributed by atoms with Crippen molar-refractivity contribution in [1.29, 1.82) is 5.26 Å². The van der Waals surface area contributed by atoms with Crippen LogP contribution in [0.15, 0.2) is 65.7 Å². The van der Waals surface area contributed by atoms with Gasteiger partial charge in [-0.3, -0.25) is 4.99 Å². The zero-order valence-corrected chi connectivity index (χ0v) is 15.5. The predicted octanol–water partition coefficient (Wildman–Crippen LogP) is 3.33. The van der Waals surface area contributed by atoms with E-state index in [0.717, 1.165) is 11.1 Å². The highest BCUT2D eigenvalue weighted by Crippen LogP contribution is 2.35. The lowest BCUT2D eigenvalue weighted by Crippen LogP contribution is -2.56. The third-order valence-electron chi connectivity index (χ3n) is 4.70. The lowest BCUT2D eigenvalue weighted by molar-refractivity contribution is -0.164. The van der Waals surface area contributed by atoms with Crippen molar-refractivity contribution in [3.05, 3.63) is 71.8 Å². The highest BCUT2D eigenvalue weighted by molar-refractivity contribution is 6.10. The summed E-state index contributed by atoms with van der Waals surface area (Å²) in [7, 11) is 1.56. The predicted molar refractivity (Wildman–Crippen MR) is 102 cm³/mol. The van der Waals surface area contributed by atoms with Gasteiger partial charge in [0.1, 0.15) is 0 Å². The van der Waals surface area contributed by atoms with Crippen LogP contribution < -0.4 is 0 Å². The van der Waals surface area contributed by atoms with Crippen LogP contribution >= 0.6 is 0 Å². The van der Waals surface area contributed by atoms with E-state index in [9.17, 15) is 10.1 Å². The Morgan fingerprint density at radius 1 is 1.11 bits per heavy atom. The van der Waals surface area contributed by atoms with E-state index in [1.807, 2.05) is 60.7 Å². The molecule has 2 atom stereocenters. The third kappa shape index (κ3) is 3.76. The van der Waals surface area contributed by atoms with Crippen LogP contribution in [0, 0.1) is 11.3 Å². The second kappa shape index (κ2) is 7.73. The van der Waals surface area contributed by atoms with Gasteiger partial charge in [0.05, 0.1) is 24.8 Å². The first-order valence-electron chi connectivity index (χ1n) is 8.82. The van der Waals surface area contributed by atoms with E-state index in [0.29, 0.717) is 12.1 Å². The molecular formula is C22H22N2O3. The molecule has 1 heterocycles. The highest BCUT2D eigenvalue weighted by Gasteiger charge is 2.51. The second-order valence-electron chi connectivity index (χ2n) is 6.91. The maximum atomic E-state index is 13.0. The van der Waals surface area contributed by atoms with Crippen molar-refractivity contribution in [3.8, 4) is 6.07 Å². The molecule has 2 aromatic carbocycles. The number of ether oxygens (including phenoxy) is 2. The number of nitrogens with zero attached hydrogens (tertiary/aromatic N) is 2. The van der Waals surface area contributed by atoms with Crippen LogP contribution in [0.1, 0.15) is 24.5 Å². The molecule has 0 amide bonds. The van der Waals surface area contributed by atoms with E-state index < -0.39 is 17.1 Å². The Morgan fingerprint density at radius 2 is 1.74 bits per heavy atom. The highest BCUT2D eigenvalue weighted by atomic mass is 16.6. The second-order valence-corrected chi connectivity index (χ2v) is 6.91. The number of cyclic esters (lactones) is 1. The van der Waals surface area contributed by atoms with E-state index in [1.165, 1.54) is 0 Å². The van der Waals surface area contributed by atoms with Crippen LogP contribution in [-0.4, -0.2) is 36.5 Å². The number of hydrogen-bond donors (Lipinski definition) is 0. The van der Waals surface area contributed by atoms with E-state index in [-0.39, 0.29) is 13.0 Å². The maximum Gasteiger partial charge on any atom is 0.336 e. The molecule has 2 aromatic rings. The summed E-state index contributed by atoms with van der Waals surface area (Å²) in [5, 5.41) is 9.42. The summed E-state index contributed by atoms with van der Waals surface area (Å²) in [4.78, 5) is 17.9. The molecule has 0 saturated heterocycles.